The van der Waals surface area contributed by atoms with Gasteiger partial charge in [0, 0.05) is 31.2 Å². The van der Waals surface area contributed by atoms with E-state index in [1.165, 1.54) is 11.3 Å². The number of thiazole rings is 1. The summed E-state index contributed by atoms with van der Waals surface area (Å²) in [5.41, 5.74) is 3.28. The molecule has 0 bridgehead atoms. The van der Waals surface area contributed by atoms with Crippen LogP contribution in [-0.4, -0.2) is 82.3 Å². The number of aromatic nitrogens is 4. The average molecular weight is 625 g/mol. The van der Waals surface area contributed by atoms with E-state index >= 15 is 0 Å². The highest BCUT2D eigenvalue weighted by Gasteiger charge is 2.44. The SMILES string of the molecule is CCOCCNc1nc(C)c(-c2nc3c(C4CC4)nccc3s2)c(N[C@@H]2C[C@H](CS(=O)(=O)c3ccccc3)[C@@H](O)[C@H]2O)n1. The van der Waals surface area contributed by atoms with Gasteiger partial charge in [0.2, 0.25) is 5.95 Å². The van der Waals surface area contributed by atoms with Crippen molar-refractivity contribution < 1.29 is 23.4 Å². The molecule has 2 saturated carbocycles. The van der Waals surface area contributed by atoms with Gasteiger partial charge in [-0.05, 0) is 51.3 Å². The first-order chi connectivity index (χ1) is 20.7. The van der Waals surface area contributed by atoms with E-state index in [4.69, 9.17) is 19.7 Å². The van der Waals surface area contributed by atoms with Gasteiger partial charge in [-0.1, -0.05) is 18.2 Å². The zero-order valence-electron chi connectivity index (χ0n) is 24.1. The van der Waals surface area contributed by atoms with Crippen LogP contribution in [0, 0.1) is 12.8 Å². The molecule has 0 unspecified atom stereocenters. The number of aryl methyl sites for hydroxylation is 1. The number of ether oxygens (including phenoxy) is 1. The molecule has 2 aliphatic carbocycles. The first-order valence-corrected chi connectivity index (χ1v) is 17.1. The van der Waals surface area contributed by atoms with E-state index in [0.717, 1.165) is 33.8 Å². The standard InChI is InChI=1S/C30H36N6O5S2/c1-3-41-14-13-32-30-33-17(2)23(29-35-25-22(42-29)11-12-31-24(25)18-9-10-18)28(36-30)34-21-15-19(26(37)27(21)38)16-43(39,40)20-7-5-4-6-8-20/h4-8,11-12,18-19,21,26-27,37-38H,3,9-10,13-16H2,1-2H3,(H2,32,33,34,36)/t19-,21-,26-,27+/m1/s1. The lowest BCUT2D eigenvalue weighted by Crippen LogP contribution is -2.36. The molecule has 2 aliphatic rings. The third-order valence-corrected chi connectivity index (χ3v) is 10.9. The summed E-state index contributed by atoms with van der Waals surface area (Å²) in [5.74, 6) is 0.338. The minimum atomic E-state index is -3.66. The number of hydrogen-bond donors (Lipinski definition) is 4. The summed E-state index contributed by atoms with van der Waals surface area (Å²) >= 11 is 1.53. The van der Waals surface area contributed by atoms with Crippen molar-refractivity contribution in [3.8, 4) is 10.6 Å². The summed E-state index contributed by atoms with van der Waals surface area (Å²) in [4.78, 5) is 19.3. The molecule has 4 atom stereocenters. The predicted molar refractivity (Wildman–Crippen MR) is 166 cm³/mol. The van der Waals surface area contributed by atoms with E-state index in [-0.39, 0.29) is 17.1 Å². The molecular formula is C30H36N6O5S2. The molecule has 2 fully saturated rings. The maximum atomic E-state index is 13.1. The van der Waals surface area contributed by atoms with E-state index < -0.39 is 34.0 Å². The van der Waals surface area contributed by atoms with E-state index in [0.29, 0.717) is 48.7 Å². The molecular weight excluding hydrogens is 589 g/mol. The van der Waals surface area contributed by atoms with Crippen LogP contribution in [0.5, 0.6) is 0 Å². The monoisotopic (exact) mass is 624 g/mol. The Bertz CT molecular complexity index is 1700. The van der Waals surface area contributed by atoms with Gasteiger partial charge in [0.05, 0.1) is 51.1 Å². The normalized spacial score (nSPS) is 22.2. The highest BCUT2D eigenvalue weighted by molar-refractivity contribution is 7.91. The summed E-state index contributed by atoms with van der Waals surface area (Å²) in [6.07, 6.45) is 1.86. The van der Waals surface area contributed by atoms with Gasteiger partial charge in [-0.15, -0.1) is 11.3 Å². The van der Waals surface area contributed by atoms with Crippen molar-refractivity contribution in [3.05, 3.63) is 54.0 Å². The molecule has 4 N–H and O–H groups in total. The second-order valence-corrected chi connectivity index (χ2v) is 14.2. The fraction of sp³-hybridized carbons (Fsp3) is 0.467. The number of aliphatic hydroxyl groups is 2. The van der Waals surface area contributed by atoms with Crippen LogP contribution in [0.2, 0.25) is 0 Å². The zero-order chi connectivity index (χ0) is 30.1. The number of nitrogens with zero attached hydrogens (tertiary/aromatic N) is 4. The smallest absolute Gasteiger partial charge is 0.224 e. The Balaban J connectivity index is 1.31. The number of hydrogen-bond acceptors (Lipinski definition) is 12. The molecule has 0 spiro atoms. The van der Waals surface area contributed by atoms with E-state index in [1.54, 1.807) is 30.3 Å². The Morgan fingerprint density at radius 3 is 2.60 bits per heavy atom. The molecule has 11 nitrogen and oxygen atoms in total. The maximum absolute atomic E-state index is 13.1. The highest BCUT2D eigenvalue weighted by atomic mass is 32.2. The van der Waals surface area contributed by atoms with Crippen LogP contribution in [-0.2, 0) is 14.6 Å². The topological polar surface area (TPSA) is 159 Å². The molecule has 43 heavy (non-hydrogen) atoms. The van der Waals surface area contributed by atoms with Crippen LogP contribution in [0.4, 0.5) is 11.8 Å². The Hall–Kier alpha value is -3.23. The fourth-order valence-electron chi connectivity index (χ4n) is 5.64. The molecule has 3 heterocycles. The maximum Gasteiger partial charge on any atom is 0.224 e. The summed E-state index contributed by atoms with van der Waals surface area (Å²) in [6.45, 7) is 5.42. The molecule has 3 aromatic heterocycles. The van der Waals surface area contributed by atoms with Gasteiger partial charge in [0.25, 0.3) is 0 Å². The van der Waals surface area contributed by atoms with Crippen LogP contribution in [0.1, 0.15) is 43.5 Å². The Labute approximate surface area is 254 Å². The number of nitrogens with one attached hydrogen (secondary N) is 2. The van der Waals surface area contributed by atoms with E-state index in [1.807, 2.05) is 26.1 Å². The summed E-state index contributed by atoms with van der Waals surface area (Å²) in [7, 11) is -3.66. The molecule has 0 saturated heterocycles. The lowest BCUT2D eigenvalue weighted by molar-refractivity contribution is 0.0216. The van der Waals surface area contributed by atoms with Gasteiger partial charge >= 0.3 is 0 Å². The van der Waals surface area contributed by atoms with E-state index in [2.05, 4.69) is 15.6 Å². The van der Waals surface area contributed by atoms with Gasteiger partial charge in [-0.3, -0.25) is 4.98 Å². The highest BCUT2D eigenvalue weighted by Crippen LogP contribution is 2.44. The molecule has 4 aromatic rings. The van der Waals surface area contributed by atoms with Gasteiger partial charge < -0.3 is 25.6 Å². The number of pyridine rings is 1. The number of anilines is 2. The van der Waals surface area contributed by atoms with Crippen LogP contribution >= 0.6 is 11.3 Å². The van der Waals surface area contributed by atoms with Crippen LogP contribution in [0.3, 0.4) is 0 Å². The Morgan fingerprint density at radius 2 is 1.86 bits per heavy atom. The first kappa shape index (κ1) is 29.8. The second kappa shape index (κ2) is 12.4. The average Bonchev–Trinajstić information content (AvgIpc) is 3.70. The van der Waals surface area contributed by atoms with Crippen LogP contribution in [0.15, 0.2) is 47.5 Å². The zero-order valence-corrected chi connectivity index (χ0v) is 25.7. The largest absolute Gasteiger partial charge is 0.390 e. The lowest BCUT2D eigenvalue weighted by atomic mass is 10.1. The van der Waals surface area contributed by atoms with Gasteiger partial charge in [0.15, 0.2) is 9.84 Å². The molecule has 0 aliphatic heterocycles. The number of rotatable bonds is 12. The van der Waals surface area contributed by atoms with Gasteiger partial charge in [0.1, 0.15) is 22.4 Å². The molecule has 228 valence electrons. The Kier molecular flexibility index (Phi) is 8.60. The van der Waals surface area contributed by atoms with Crippen molar-refractivity contribution in [2.24, 2.45) is 5.92 Å². The van der Waals surface area contributed by atoms with Crippen molar-refractivity contribution >= 4 is 43.2 Å². The molecule has 0 radical (unpaired) electrons. The van der Waals surface area contributed by atoms with Crippen molar-refractivity contribution in [2.45, 2.75) is 62.2 Å². The van der Waals surface area contributed by atoms with Crippen molar-refractivity contribution in [3.63, 3.8) is 0 Å². The van der Waals surface area contributed by atoms with Crippen molar-refractivity contribution in [1.82, 2.24) is 19.9 Å². The summed E-state index contributed by atoms with van der Waals surface area (Å²) in [5, 5.41) is 29.3. The molecule has 6 rings (SSSR count). The number of aliphatic hydroxyl groups excluding tert-OH is 2. The van der Waals surface area contributed by atoms with E-state index in [9.17, 15) is 18.6 Å². The molecule has 1 aromatic carbocycles. The van der Waals surface area contributed by atoms with Gasteiger partial charge in [-0.2, -0.15) is 4.98 Å². The second-order valence-electron chi connectivity index (χ2n) is 11.1. The van der Waals surface area contributed by atoms with Crippen LogP contribution in [0.25, 0.3) is 20.8 Å². The third kappa shape index (κ3) is 6.36. The molecule has 0 amide bonds. The number of fused-ring (bicyclic) bond motifs is 1. The minimum absolute atomic E-state index is 0.195. The minimum Gasteiger partial charge on any atom is -0.390 e. The van der Waals surface area contributed by atoms with Crippen molar-refractivity contribution in [2.75, 3.05) is 36.1 Å². The van der Waals surface area contributed by atoms with Crippen molar-refractivity contribution in [1.29, 1.82) is 0 Å². The fourth-order valence-corrected chi connectivity index (χ4v) is 8.37. The third-order valence-electron chi connectivity index (χ3n) is 8.00. The summed E-state index contributed by atoms with van der Waals surface area (Å²) in [6, 6.07) is 9.49. The molecule has 13 heteroatoms. The Morgan fingerprint density at radius 1 is 1.07 bits per heavy atom. The van der Waals surface area contributed by atoms with Gasteiger partial charge in [-0.25, -0.2) is 18.4 Å². The van der Waals surface area contributed by atoms with Crippen LogP contribution < -0.4 is 10.6 Å². The first-order valence-electron chi connectivity index (χ1n) is 14.6. The summed E-state index contributed by atoms with van der Waals surface area (Å²) < 4.78 is 32.6. The lowest BCUT2D eigenvalue weighted by Gasteiger charge is -2.21. The quantitative estimate of drug-likeness (QED) is 0.170. The number of sulfone groups is 1. The number of benzene rings is 1. The predicted octanol–water partition coefficient (Wildman–Crippen LogP) is 3.78.